The van der Waals surface area contributed by atoms with Crippen molar-refractivity contribution in [3.8, 4) is 0 Å². The minimum atomic E-state index is -3.22. The molecule has 2 aromatic rings. The molecule has 0 saturated carbocycles. The van der Waals surface area contributed by atoms with Crippen LogP contribution in [0.1, 0.15) is 17.2 Å². The predicted octanol–water partition coefficient (Wildman–Crippen LogP) is 2.77. The molecular weight excluding hydrogens is 372 g/mol. The average molecular weight is 401 g/mol. The molecule has 2 aliphatic heterocycles. The van der Waals surface area contributed by atoms with Gasteiger partial charge in [0, 0.05) is 26.2 Å². The molecule has 2 saturated heterocycles. The highest BCUT2D eigenvalue weighted by atomic mass is 32.2. The summed E-state index contributed by atoms with van der Waals surface area (Å²) in [5, 5.41) is 0. The van der Waals surface area contributed by atoms with Crippen LogP contribution in [-0.4, -0.2) is 56.7 Å². The largest absolute Gasteiger partial charge is 0.375 e. The SMILES string of the molecule is CS(=O)(=O)N1C[C@H]2CN(CCOCc3ccccc3)C[C@H]2[C@@H]1c1ccccc1. The van der Waals surface area contributed by atoms with Crippen LogP contribution in [0.3, 0.4) is 0 Å². The van der Waals surface area contributed by atoms with Gasteiger partial charge in [-0.25, -0.2) is 8.42 Å². The zero-order valence-corrected chi connectivity index (χ0v) is 17.1. The maximum absolute atomic E-state index is 12.4. The third kappa shape index (κ3) is 4.30. The number of rotatable bonds is 7. The molecule has 5 nitrogen and oxygen atoms in total. The molecule has 0 unspecified atom stereocenters. The number of fused-ring (bicyclic) bond motifs is 1. The molecular formula is C22H28N2O3S. The summed E-state index contributed by atoms with van der Waals surface area (Å²) < 4.78 is 32.3. The maximum atomic E-state index is 12.4. The lowest BCUT2D eigenvalue weighted by Crippen LogP contribution is -2.35. The second-order valence-electron chi connectivity index (χ2n) is 7.91. The molecule has 3 atom stereocenters. The van der Waals surface area contributed by atoms with Crippen LogP contribution in [0.4, 0.5) is 0 Å². The van der Waals surface area contributed by atoms with Crippen molar-refractivity contribution in [1.29, 1.82) is 0 Å². The third-order valence-corrected chi connectivity index (χ3v) is 7.16. The summed E-state index contributed by atoms with van der Waals surface area (Å²) in [5.74, 6) is 0.723. The Hall–Kier alpha value is -1.73. The lowest BCUT2D eigenvalue weighted by atomic mass is 9.90. The molecule has 6 heteroatoms. The normalized spacial score (nSPS) is 25.8. The van der Waals surface area contributed by atoms with E-state index in [4.69, 9.17) is 4.74 Å². The number of nitrogens with zero attached hydrogens (tertiary/aromatic N) is 2. The Balaban J connectivity index is 1.37. The van der Waals surface area contributed by atoms with Crippen LogP contribution in [0, 0.1) is 11.8 Å². The molecule has 2 aromatic carbocycles. The first kappa shape index (κ1) is 19.6. The van der Waals surface area contributed by atoms with Gasteiger partial charge in [-0.3, -0.25) is 0 Å². The van der Waals surface area contributed by atoms with E-state index in [1.807, 2.05) is 36.4 Å². The van der Waals surface area contributed by atoms with Crippen LogP contribution < -0.4 is 0 Å². The maximum Gasteiger partial charge on any atom is 0.211 e. The minimum absolute atomic E-state index is 0.0589. The topological polar surface area (TPSA) is 49.9 Å². The molecule has 0 aromatic heterocycles. The van der Waals surface area contributed by atoms with Gasteiger partial charge in [0.25, 0.3) is 0 Å². The first-order valence-corrected chi connectivity index (χ1v) is 11.7. The molecule has 28 heavy (non-hydrogen) atoms. The number of sulfonamides is 1. The van der Waals surface area contributed by atoms with Crippen molar-refractivity contribution in [2.45, 2.75) is 12.6 Å². The van der Waals surface area contributed by atoms with Crippen molar-refractivity contribution in [3.05, 3.63) is 71.8 Å². The van der Waals surface area contributed by atoms with E-state index in [-0.39, 0.29) is 6.04 Å². The monoisotopic (exact) mass is 400 g/mol. The van der Waals surface area contributed by atoms with E-state index in [0.29, 0.717) is 31.6 Å². The fourth-order valence-corrected chi connectivity index (χ4v) is 5.80. The quantitative estimate of drug-likeness (QED) is 0.671. The van der Waals surface area contributed by atoms with E-state index in [1.54, 1.807) is 4.31 Å². The Bertz CT molecular complexity index is 873. The summed E-state index contributed by atoms with van der Waals surface area (Å²) in [4.78, 5) is 2.43. The summed E-state index contributed by atoms with van der Waals surface area (Å²) in [6, 6.07) is 20.2. The van der Waals surface area contributed by atoms with Gasteiger partial charge in [-0.2, -0.15) is 4.31 Å². The third-order valence-electron chi connectivity index (χ3n) is 5.93. The van der Waals surface area contributed by atoms with Crippen molar-refractivity contribution >= 4 is 10.0 Å². The van der Waals surface area contributed by atoms with E-state index in [2.05, 4.69) is 29.2 Å². The first-order valence-electron chi connectivity index (χ1n) is 9.88. The smallest absolute Gasteiger partial charge is 0.211 e. The molecule has 4 rings (SSSR count). The van der Waals surface area contributed by atoms with Crippen LogP contribution >= 0.6 is 0 Å². The number of likely N-dealkylation sites (tertiary alicyclic amines) is 1. The van der Waals surface area contributed by atoms with Gasteiger partial charge in [0.05, 0.1) is 25.5 Å². The van der Waals surface area contributed by atoms with E-state index in [1.165, 1.54) is 11.8 Å². The van der Waals surface area contributed by atoms with E-state index in [9.17, 15) is 8.42 Å². The summed E-state index contributed by atoms with van der Waals surface area (Å²) in [5.41, 5.74) is 2.29. The molecule has 0 aliphatic carbocycles. The van der Waals surface area contributed by atoms with Crippen LogP contribution in [-0.2, 0) is 21.4 Å². The van der Waals surface area contributed by atoms with Crippen molar-refractivity contribution in [2.24, 2.45) is 11.8 Å². The Morgan fingerprint density at radius 2 is 1.64 bits per heavy atom. The molecule has 0 radical (unpaired) electrons. The van der Waals surface area contributed by atoms with E-state index in [0.717, 1.165) is 25.2 Å². The standard InChI is InChI=1S/C22H28N2O3S/c1-28(25,26)24-15-20-14-23(12-13-27-17-18-8-4-2-5-9-18)16-21(20)22(24)19-10-6-3-7-11-19/h2-11,20-22H,12-17H2,1H3/t20-,21-,22+/m1/s1. The number of ether oxygens (including phenoxy) is 1. The molecule has 0 amide bonds. The van der Waals surface area contributed by atoms with Crippen LogP contribution in [0.5, 0.6) is 0 Å². The lowest BCUT2D eigenvalue weighted by molar-refractivity contribution is 0.0956. The summed E-state index contributed by atoms with van der Waals surface area (Å²) >= 11 is 0. The number of hydrogen-bond donors (Lipinski definition) is 0. The van der Waals surface area contributed by atoms with Gasteiger partial charge in [0.15, 0.2) is 0 Å². The summed E-state index contributed by atoms with van der Waals surface area (Å²) in [6.07, 6.45) is 1.33. The highest BCUT2D eigenvalue weighted by Gasteiger charge is 2.50. The van der Waals surface area contributed by atoms with Crippen molar-refractivity contribution < 1.29 is 13.2 Å². The Morgan fingerprint density at radius 3 is 2.32 bits per heavy atom. The van der Waals surface area contributed by atoms with Gasteiger partial charge in [0.2, 0.25) is 10.0 Å². The Labute approximate surface area is 168 Å². The highest BCUT2D eigenvalue weighted by Crippen LogP contribution is 2.45. The summed E-state index contributed by atoms with van der Waals surface area (Å²) in [7, 11) is -3.22. The minimum Gasteiger partial charge on any atom is -0.375 e. The van der Waals surface area contributed by atoms with Gasteiger partial charge in [-0.05, 0) is 23.0 Å². The van der Waals surface area contributed by atoms with E-state index >= 15 is 0 Å². The number of benzene rings is 2. The molecule has 150 valence electrons. The van der Waals surface area contributed by atoms with Gasteiger partial charge >= 0.3 is 0 Å². The lowest BCUT2D eigenvalue weighted by Gasteiger charge is -2.28. The van der Waals surface area contributed by atoms with Crippen LogP contribution in [0.15, 0.2) is 60.7 Å². The fourth-order valence-electron chi connectivity index (χ4n) is 4.64. The van der Waals surface area contributed by atoms with Gasteiger partial charge in [-0.15, -0.1) is 0 Å². The average Bonchev–Trinajstić information content (AvgIpc) is 3.24. The van der Waals surface area contributed by atoms with Crippen LogP contribution in [0.2, 0.25) is 0 Å². The van der Waals surface area contributed by atoms with Crippen molar-refractivity contribution in [1.82, 2.24) is 9.21 Å². The Morgan fingerprint density at radius 1 is 0.964 bits per heavy atom. The van der Waals surface area contributed by atoms with Crippen molar-refractivity contribution in [2.75, 3.05) is 39.0 Å². The molecule has 2 fully saturated rings. The Kier molecular flexibility index (Phi) is 5.83. The van der Waals surface area contributed by atoms with E-state index < -0.39 is 10.0 Å². The fraction of sp³-hybridized carbons (Fsp3) is 0.455. The second kappa shape index (κ2) is 8.33. The molecule has 2 aliphatic rings. The molecule has 0 N–H and O–H groups in total. The highest BCUT2D eigenvalue weighted by molar-refractivity contribution is 7.88. The van der Waals surface area contributed by atoms with Gasteiger partial charge in [-0.1, -0.05) is 60.7 Å². The zero-order chi connectivity index (χ0) is 19.6. The zero-order valence-electron chi connectivity index (χ0n) is 16.3. The molecule has 2 heterocycles. The molecule has 0 bridgehead atoms. The number of hydrogen-bond acceptors (Lipinski definition) is 4. The van der Waals surface area contributed by atoms with Gasteiger partial charge < -0.3 is 9.64 Å². The summed E-state index contributed by atoms with van der Waals surface area (Å²) in [6.45, 7) is 4.69. The second-order valence-corrected chi connectivity index (χ2v) is 9.84. The van der Waals surface area contributed by atoms with Crippen molar-refractivity contribution in [3.63, 3.8) is 0 Å². The molecule has 0 spiro atoms. The van der Waals surface area contributed by atoms with Gasteiger partial charge in [0.1, 0.15) is 0 Å². The predicted molar refractivity (Wildman–Crippen MR) is 110 cm³/mol. The first-order chi connectivity index (χ1) is 13.5. The van der Waals surface area contributed by atoms with Crippen LogP contribution in [0.25, 0.3) is 0 Å².